The summed E-state index contributed by atoms with van der Waals surface area (Å²) >= 11 is 0. The number of amides is 2. The third kappa shape index (κ3) is 3.53. The number of hydrogen-bond acceptors (Lipinski definition) is 5. The Bertz CT molecular complexity index is 757. The maximum atomic E-state index is 12.2. The summed E-state index contributed by atoms with van der Waals surface area (Å²) in [6.07, 6.45) is 5.17. The number of rotatable bonds is 4. The van der Waals surface area contributed by atoms with E-state index in [1.807, 2.05) is 6.07 Å². The van der Waals surface area contributed by atoms with Gasteiger partial charge in [0.1, 0.15) is 11.4 Å². The van der Waals surface area contributed by atoms with Gasteiger partial charge in [-0.15, -0.1) is 0 Å². The van der Waals surface area contributed by atoms with Crippen molar-refractivity contribution >= 4 is 17.5 Å². The van der Waals surface area contributed by atoms with Crippen molar-refractivity contribution < 1.29 is 9.59 Å². The van der Waals surface area contributed by atoms with Crippen LogP contribution in [0.3, 0.4) is 0 Å². The molecule has 0 spiro atoms. The molecule has 0 bridgehead atoms. The van der Waals surface area contributed by atoms with Crippen LogP contribution in [-0.2, 0) is 7.05 Å². The van der Waals surface area contributed by atoms with Gasteiger partial charge in [0.15, 0.2) is 0 Å². The predicted octanol–water partition coefficient (Wildman–Crippen LogP) is 0.313. The maximum Gasteiger partial charge on any atom is 0.272 e. The molecule has 2 amide bonds. The predicted molar refractivity (Wildman–Crippen MR) is 88.7 cm³/mol. The number of aromatic nitrogens is 3. The third-order valence-corrected chi connectivity index (χ3v) is 4.06. The van der Waals surface area contributed by atoms with Gasteiger partial charge < -0.3 is 16.0 Å². The normalized spacial score (nSPS) is 17.5. The van der Waals surface area contributed by atoms with Crippen LogP contribution in [-0.4, -0.2) is 45.7 Å². The molecule has 1 fully saturated rings. The average Bonchev–Trinajstić information content (AvgIpc) is 3.02. The second-order valence-corrected chi connectivity index (χ2v) is 5.90. The fourth-order valence-corrected chi connectivity index (χ4v) is 2.88. The van der Waals surface area contributed by atoms with Gasteiger partial charge in [-0.3, -0.25) is 19.3 Å². The van der Waals surface area contributed by atoms with Crippen LogP contribution < -0.4 is 16.0 Å². The van der Waals surface area contributed by atoms with Gasteiger partial charge in [0.2, 0.25) is 0 Å². The van der Waals surface area contributed by atoms with E-state index in [4.69, 9.17) is 5.73 Å². The molecule has 24 heavy (non-hydrogen) atoms. The minimum absolute atomic E-state index is 0.0263. The summed E-state index contributed by atoms with van der Waals surface area (Å²) in [7, 11) is 1.78. The lowest BCUT2D eigenvalue weighted by Gasteiger charge is -2.34. The molecule has 8 heteroatoms. The van der Waals surface area contributed by atoms with Crippen molar-refractivity contribution in [1.82, 2.24) is 20.1 Å². The van der Waals surface area contributed by atoms with E-state index in [1.54, 1.807) is 36.3 Å². The van der Waals surface area contributed by atoms with E-state index in [1.165, 1.54) is 0 Å². The number of nitrogens with one attached hydrogen (secondary N) is 1. The highest BCUT2D eigenvalue weighted by Gasteiger charge is 2.23. The first kappa shape index (κ1) is 16.0. The summed E-state index contributed by atoms with van der Waals surface area (Å²) in [4.78, 5) is 29.6. The zero-order valence-electron chi connectivity index (χ0n) is 13.5. The topological polar surface area (TPSA) is 106 Å². The van der Waals surface area contributed by atoms with E-state index in [2.05, 4.69) is 20.3 Å². The van der Waals surface area contributed by atoms with E-state index in [0.29, 0.717) is 12.2 Å². The van der Waals surface area contributed by atoms with Crippen LogP contribution in [0, 0.1) is 0 Å². The molecule has 3 rings (SSSR count). The largest absolute Gasteiger partial charge is 0.369 e. The lowest BCUT2D eigenvalue weighted by atomic mass is 10.0. The number of nitrogens with two attached hydrogens (primary N) is 1. The standard InChI is InChI=1S/C16H20N6O2/c1-21-8-5-13(20-21)16(24)19-11-3-2-7-22(10-11)12-4-6-18-14(9-12)15(17)23/h4-6,8-9,11H,2-3,7,10H2,1H3,(H2,17,23)(H,19,24). The molecule has 0 aliphatic carbocycles. The Morgan fingerprint density at radius 2 is 2.17 bits per heavy atom. The number of nitrogens with zero attached hydrogens (tertiary/aromatic N) is 4. The number of primary amides is 1. The fourth-order valence-electron chi connectivity index (χ4n) is 2.88. The van der Waals surface area contributed by atoms with Gasteiger partial charge in [-0.1, -0.05) is 0 Å². The van der Waals surface area contributed by atoms with Crippen LogP contribution >= 0.6 is 0 Å². The third-order valence-electron chi connectivity index (χ3n) is 4.06. The first-order valence-electron chi connectivity index (χ1n) is 7.84. The van der Waals surface area contributed by atoms with E-state index in [0.717, 1.165) is 25.1 Å². The van der Waals surface area contributed by atoms with Crippen LogP contribution in [0.4, 0.5) is 5.69 Å². The molecule has 8 nitrogen and oxygen atoms in total. The van der Waals surface area contributed by atoms with Crippen LogP contribution in [0.5, 0.6) is 0 Å². The molecule has 1 unspecified atom stereocenters. The summed E-state index contributed by atoms with van der Waals surface area (Å²) in [5.74, 6) is -0.719. The molecular weight excluding hydrogens is 308 g/mol. The number of pyridine rings is 1. The van der Waals surface area contributed by atoms with Crippen molar-refractivity contribution in [1.29, 1.82) is 0 Å². The molecule has 0 aromatic carbocycles. The number of carbonyl (C=O) groups excluding carboxylic acids is 2. The van der Waals surface area contributed by atoms with Crippen molar-refractivity contribution in [2.75, 3.05) is 18.0 Å². The molecule has 2 aromatic rings. The average molecular weight is 328 g/mol. The van der Waals surface area contributed by atoms with Gasteiger partial charge in [-0.05, 0) is 31.0 Å². The second kappa shape index (κ2) is 6.69. The fraction of sp³-hybridized carbons (Fsp3) is 0.375. The van der Waals surface area contributed by atoms with E-state index in [-0.39, 0.29) is 17.6 Å². The summed E-state index contributed by atoms with van der Waals surface area (Å²) in [5, 5.41) is 7.14. The maximum absolute atomic E-state index is 12.2. The zero-order valence-corrected chi connectivity index (χ0v) is 13.5. The molecule has 3 heterocycles. The molecule has 1 aliphatic heterocycles. The van der Waals surface area contributed by atoms with Gasteiger partial charge in [-0.25, -0.2) is 0 Å². The molecule has 1 atom stereocenters. The summed E-state index contributed by atoms with van der Waals surface area (Å²) < 4.78 is 1.60. The van der Waals surface area contributed by atoms with Gasteiger partial charge >= 0.3 is 0 Å². The Hall–Kier alpha value is -2.90. The van der Waals surface area contributed by atoms with Crippen molar-refractivity contribution in [2.45, 2.75) is 18.9 Å². The van der Waals surface area contributed by atoms with E-state index >= 15 is 0 Å². The molecule has 1 aliphatic rings. The summed E-state index contributed by atoms with van der Waals surface area (Å²) in [6.45, 7) is 1.53. The number of aryl methyl sites for hydroxylation is 1. The van der Waals surface area contributed by atoms with Gasteiger partial charge in [0, 0.05) is 44.3 Å². The van der Waals surface area contributed by atoms with Crippen molar-refractivity contribution in [3.05, 3.63) is 42.0 Å². The molecule has 126 valence electrons. The number of carbonyl (C=O) groups is 2. The zero-order chi connectivity index (χ0) is 17.1. The first-order valence-corrected chi connectivity index (χ1v) is 7.84. The molecule has 1 saturated heterocycles. The minimum Gasteiger partial charge on any atom is -0.369 e. The number of hydrogen-bond donors (Lipinski definition) is 2. The summed E-state index contributed by atoms with van der Waals surface area (Å²) in [5.41, 5.74) is 6.83. The van der Waals surface area contributed by atoms with Crippen LogP contribution in [0.1, 0.15) is 33.8 Å². The van der Waals surface area contributed by atoms with Crippen molar-refractivity contribution in [2.24, 2.45) is 12.8 Å². The highest BCUT2D eigenvalue weighted by atomic mass is 16.2. The highest BCUT2D eigenvalue weighted by Crippen LogP contribution is 2.20. The highest BCUT2D eigenvalue weighted by molar-refractivity contribution is 5.92. The quantitative estimate of drug-likeness (QED) is 0.840. The van der Waals surface area contributed by atoms with Crippen LogP contribution in [0.15, 0.2) is 30.6 Å². The van der Waals surface area contributed by atoms with Crippen LogP contribution in [0.2, 0.25) is 0 Å². The molecule has 0 radical (unpaired) electrons. The smallest absolute Gasteiger partial charge is 0.272 e. The lowest BCUT2D eigenvalue weighted by molar-refractivity contribution is 0.0926. The van der Waals surface area contributed by atoms with Gasteiger partial charge in [0.25, 0.3) is 11.8 Å². The Kier molecular flexibility index (Phi) is 4.45. The Morgan fingerprint density at radius 1 is 1.33 bits per heavy atom. The molecular formula is C16H20N6O2. The first-order chi connectivity index (χ1) is 11.5. The van der Waals surface area contributed by atoms with E-state index < -0.39 is 5.91 Å². The van der Waals surface area contributed by atoms with Gasteiger partial charge in [-0.2, -0.15) is 5.10 Å². The van der Waals surface area contributed by atoms with Crippen molar-refractivity contribution in [3.8, 4) is 0 Å². The number of anilines is 1. The Morgan fingerprint density at radius 3 is 2.88 bits per heavy atom. The number of piperidine rings is 1. The summed E-state index contributed by atoms with van der Waals surface area (Å²) in [6, 6.07) is 5.25. The van der Waals surface area contributed by atoms with E-state index in [9.17, 15) is 9.59 Å². The Balaban J connectivity index is 1.67. The molecule has 3 N–H and O–H groups in total. The second-order valence-electron chi connectivity index (χ2n) is 5.90. The SMILES string of the molecule is Cn1ccc(C(=O)NC2CCCN(c3ccnc(C(N)=O)c3)C2)n1. The lowest BCUT2D eigenvalue weighted by Crippen LogP contribution is -2.48. The molecule has 0 saturated carbocycles. The minimum atomic E-state index is -0.547. The van der Waals surface area contributed by atoms with Crippen LogP contribution in [0.25, 0.3) is 0 Å². The van der Waals surface area contributed by atoms with Gasteiger partial charge in [0.05, 0.1) is 0 Å². The van der Waals surface area contributed by atoms with Crippen molar-refractivity contribution in [3.63, 3.8) is 0 Å². The Labute approximate surface area is 139 Å². The monoisotopic (exact) mass is 328 g/mol. The molecule has 2 aromatic heterocycles.